The normalized spacial score (nSPS) is 29.7. The van der Waals surface area contributed by atoms with E-state index in [9.17, 15) is 8.42 Å². The van der Waals surface area contributed by atoms with Crippen molar-refractivity contribution in [3.63, 3.8) is 0 Å². The van der Waals surface area contributed by atoms with Gasteiger partial charge in [0, 0.05) is 18.5 Å². The topological polar surface area (TPSA) is 55.4 Å². The standard InChI is InChI=1S/C10H19NO3S2/c1-2-14-16(12,13)9-7-11-8-10(9)3-5-15-6-4-10/h9,11H,2-8H2,1H3. The molecule has 0 aromatic heterocycles. The molecule has 1 unspecified atom stereocenters. The van der Waals surface area contributed by atoms with E-state index < -0.39 is 10.1 Å². The Morgan fingerprint density at radius 3 is 2.75 bits per heavy atom. The van der Waals surface area contributed by atoms with Gasteiger partial charge in [0.05, 0.1) is 6.61 Å². The summed E-state index contributed by atoms with van der Waals surface area (Å²) >= 11 is 1.92. The van der Waals surface area contributed by atoms with Crippen molar-refractivity contribution in [2.45, 2.75) is 25.0 Å². The van der Waals surface area contributed by atoms with Crippen LogP contribution in [0.3, 0.4) is 0 Å². The molecule has 0 bridgehead atoms. The third kappa shape index (κ3) is 2.25. The van der Waals surface area contributed by atoms with Gasteiger partial charge in [-0.25, -0.2) is 0 Å². The van der Waals surface area contributed by atoms with Gasteiger partial charge in [0.1, 0.15) is 5.25 Å². The SMILES string of the molecule is CCOS(=O)(=O)C1CNCC12CCSCC2. The Kier molecular flexibility index (Phi) is 3.83. The fraction of sp³-hybridized carbons (Fsp3) is 1.00. The lowest BCUT2D eigenvalue weighted by molar-refractivity contribution is 0.266. The minimum absolute atomic E-state index is 0.0702. The highest BCUT2D eigenvalue weighted by Crippen LogP contribution is 2.43. The molecule has 0 amide bonds. The van der Waals surface area contributed by atoms with Gasteiger partial charge in [-0.3, -0.25) is 4.18 Å². The molecule has 0 aromatic carbocycles. The second-order valence-electron chi connectivity index (χ2n) is 4.49. The van der Waals surface area contributed by atoms with Crippen LogP contribution in [0.2, 0.25) is 0 Å². The van der Waals surface area contributed by atoms with E-state index in [1.807, 2.05) is 11.8 Å². The molecule has 2 aliphatic heterocycles. The molecule has 2 aliphatic rings. The van der Waals surface area contributed by atoms with E-state index in [0.717, 1.165) is 30.9 Å². The van der Waals surface area contributed by atoms with Crippen LogP contribution in [-0.2, 0) is 14.3 Å². The van der Waals surface area contributed by atoms with Crippen molar-refractivity contribution < 1.29 is 12.6 Å². The summed E-state index contributed by atoms with van der Waals surface area (Å²) in [6.45, 7) is 3.34. The van der Waals surface area contributed by atoms with Gasteiger partial charge in [0.15, 0.2) is 0 Å². The lowest BCUT2D eigenvalue weighted by Crippen LogP contribution is -2.43. The first-order chi connectivity index (χ1) is 7.61. The van der Waals surface area contributed by atoms with Crippen molar-refractivity contribution in [3.05, 3.63) is 0 Å². The third-order valence-electron chi connectivity index (χ3n) is 3.61. The zero-order valence-electron chi connectivity index (χ0n) is 9.57. The minimum Gasteiger partial charge on any atom is -0.315 e. The van der Waals surface area contributed by atoms with Crippen molar-refractivity contribution in [1.82, 2.24) is 5.32 Å². The average Bonchev–Trinajstić information content (AvgIpc) is 2.63. The van der Waals surface area contributed by atoms with Crippen LogP contribution >= 0.6 is 11.8 Å². The lowest BCUT2D eigenvalue weighted by Gasteiger charge is -2.36. The van der Waals surface area contributed by atoms with Gasteiger partial charge >= 0.3 is 0 Å². The van der Waals surface area contributed by atoms with Crippen LogP contribution in [0.25, 0.3) is 0 Å². The van der Waals surface area contributed by atoms with Crippen LogP contribution in [-0.4, -0.2) is 44.9 Å². The first-order valence-corrected chi connectivity index (χ1v) is 8.40. The van der Waals surface area contributed by atoms with Gasteiger partial charge in [-0.05, 0) is 31.3 Å². The maximum absolute atomic E-state index is 12.0. The number of rotatable bonds is 3. The van der Waals surface area contributed by atoms with Gasteiger partial charge < -0.3 is 5.32 Å². The van der Waals surface area contributed by atoms with Gasteiger partial charge in [-0.15, -0.1) is 0 Å². The highest BCUT2D eigenvalue weighted by molar-refractivity contribution is 7.99. The number of hydrogen-bond donors (Lipinski definition) is 1. The second-order valence-corrected chi connectivity index (χ2v) is 7.51. The first kappa shape index (κ1) is 12.7. The molecule has 2 rings (SSSR count). The van der Waals surface area contributed by atoms with Gasteiger partial charge in [0.2, 0.25) is 0 Å². The molecule has 0 aromatic rings. The zero-order chi connectivity index (χ0) is 11.6. The summed E-state index contributed by atoms with van der Waals surface area (Å²) < 4.78 is 29.0. The fourth-order valence-corrected chi connectivity index (χ4v) is 5.77. The Hall–Kier alpha value is 0.220. The lowest BCUT2D eigenvalue weighted by atomic mass is 9.81. The molecular formula is C10H19NO3S2. The maximum atomic E-state index is 12.0. The molecule has 16 heavy (non-hydrogen) atoms. The van der Waals surface area contributed by atoms with E-state index in [1.165, 1.54) is 0 Å². The predicted octanol–water partition coefficient (Wildman–Crippen LogP) is 0.838. The molecule has 1 N–H and O–H groups in total. The number of thioether (sulfide) groups is 1. The summed E-state index contributed by atoms with van der Waals surface area (Å²) in [6, 6.07) is 0. The molecule has 0 radical (unpaired) electrons. The molecule has 1 atom stereocenters. The van der Waals surface area contributed by atoms with Gasteiger partial charge in [-0.1, -0.05) is 0 Å². The van der Waals surface area contributed by atoms with Crippen molar-refractivity contribution in [3.8, 4) is 0 Å². The number of hydrogen-bond acceptors (Lipinski definition) is 5. The molecule has 2 saturated heterocycles. The van der Waals surface area contributed by atoms with E-state index >= 15 is 0 Å². The molecule has 6 heteroatoms. The van der Waals surface area contributed by atoms with Gasteiger partial charge in [0.25, 0.3) is 10.1 Å². The van der Waals surface area contributed by atoms with E-state index in [1.54, 1.807) is 6.92 Å². The molecule has 0 saturated carbocycles. The Bertz CT molecular complexity index is 336. The van der Waals surface area contributed by atoms with E-state index in [-0.39, 0.29) is 17.3 Å². The highest BCUT2D eigenvalue weighted by Gasteiger charge is 2.50. The summed E-state index contributed by atoms with van der Waals surface area (Å²) in [5.74, 6) is 2.14. The molecular weight excluding hydrogens is 246 g/mol. The average molecular weight is 265 g/mol. The fourth-order valence-electron chi connectivity index (χ4n) is 2.71. The Morgan fingerprint density at radius 2 is 2.12 bits per heavy atom. The van der Waals surface area contributed by atoms with Crippen molar-refractivity contribution >= 4 is 21.9 Å². The van der Waals surface area contributed by atoms with E-state index in [2.05, 4.69) is 5.32 Å². The molecule has 0 aliphatic carbocycles. The molecule has 2 fully saturated rings. The van der Waals surface area contributed by atoms with Crippen LogP contribution in [0.15, 0.2) is 0 Å². The van der Waals surface area contributed by atoms with Crippen LogP contribution in [0, 0.1) is 5.41 Å². The second kappa shape index (κ2) is 4.84. The Morgan fingerprint density at radius 1 is 1.44 bits per heavy atom. The Balaban J connectivity index is 2.19. The summed E-state index contributed by atoms with van der Waals surface area (Å²) in [5.41, 5.74) is -0.0702. The van der Waals surface area contributed by atoms with Crippen LogP contribution in [0.5, 0.6) is 0 Å². The van der Waals surface area contributed by atoms with Crippen molar-refractivity contribution in [1.29, 1.82) is 0 Å². The Labute approximate surface area is 102 Å². The molecule has 2 heterocycles. The largest absolute Gasteiger partial charge is 0.315 e. The molecule has 1 spiro atoms. The smallest absolute Gasteiger partial charge is 0.272 e. The van der Waals surface area contributed by atoms with Crippen molar-refractivity contribution in [2.24, 2.45) is 5.41 Å². The summed E-state index contributed by atoms with van der Waals surface area (Å²) in [6.07, 6.45) is 1.98. The molecule has 4 nitrogen and oxygen atoms in total. The summed E-state index contributed by atoms with van der Waals surface area (Å²) in [4.78, 5) is 0. The van der Waals surface area contributed by atoms with E-state index in [0.29, 0.717) is 6.54 Å². The predicted molar refractivity (Wildman–Crippen MR) is 66.2 cm³/mol. The zero-order valence-corrected chi connectivity index (χ0v) is 11.2. The van der Waals surface area contributed by atoms with Crippen LogP contribution in [0.1, 0.15) is 19.8 Å². The maximum Gasteiger partial charge on any atom is 0.272 e. The number of nitrogens with one attached hydrogen (secondary N) is 1. The molecule has 94 valence electrons. The third-order valence-corrected chi connectivity index (χ3v) is 6.52. The summed E-state index contributed by atoms with van der Waals surface area (Å²) in [7, 11) is -3.39. The van der Waals surface area contributed by atoms with Gasteiger partial charge in [-0.2, -0.15) is 20.2 Å². The summed E-state index contributed by atoms with van der Waals surface area (Å²) in [5, 5.41) is 2.88. The van der Waals surface area contributed by atoms with Crippen molar-refractivity contribution in [2.75, 3.05) is 31.2 Å². The highest BCUT2D eigenvalue weighted by atomic mass is 32.2. The first-order valence-electron chi connectivity index (χ1n) is 5.77. The van der Waals surface area contributed by atoms with Crippen LogP contribution in [0.4, 0.5) is 0 Å². The minimum atomic E-state index is -3.39. The van der Waals surface area contributed by atoms with Crippen LogP contribution < -0.4 is 5.32 Å². The van der Waals surface area contributed by atoms with E-state index in [4.69, 9.17) is 4.18 Å². The monoisotopic (exact) mass is 265 g/mol. The quantitative estimate of drug-likeness (QED) is 0.766.